The van der Waals surface area contributed by atoms with Crippen LogP contribution in [-0.4, -0.2) is 73.9 Å². The predicted molar refractivity (Wildman–Crippen MR) is 232 cm³/mol. The minimum atomic E-state index is -0.439. The molecule has 1 atom stereocenters. The van der Waals surface area contributed by atoms with E-state index in [9.17, 15) is 9.18 Å². The molecule has 2 aromatic carbocycles. The fourth-order valence-electron chi connectivity index (χ4n) is 5.29. The molecule has 0 aromatic heterocycles. The van der Waals surface area contributed by atoms with Crippen molar-refractivity contribution in [1.29, 1.82) is 5.26 Å². The zero-order valence-corrected chi connectivity index (χ0v) is 39.2. The van der Waals surface area contributed by atoms with E-state index in [1.54, 1.807) is 31.5 Å². The third kappa shape index (κ3) is 22.5. The fourth-order valence-corrected chi connectivity index (χ4v) is 5.29. The predicted octanol–water partition coefficient (Wildman–Crippen LogP) is 11.1. The van der Waals surface area contributed by atoms with Crippen molar-refractivity contribution in [2.45, 2.75) is 120 Å². The number of aryl methyl sites for hydroxylation is 2. The van der Waals surface area contributed by atoms with Crippen LogP contribution in [0, 0.1) is 44.8 Å². The maximum Gasteiger partial charge on any atom is 3.00 e. The van der Waals surface area contributed by atoms with Crippen LogP contribution < -0.4 is 4.74 Å². The molecule has 9 heteroatoms. The minimum absolute atomic E-state index is 0. The summed E-state index contributed by atoms with van der Waals surface area (Å²) in [6.45, 7) is 30.7. The molecule has 0 spiro atoms. The van der Waals surface area contributed by atoms with Crippen LogP contribution in [0.15, 0.2) is 58.8 Å². The molecule has 2 heterocycles. The number of unbranched alkanes of at least 4 members (excludes halogenated alkanes) is 2. The van der Waals surface area contributed by atoms with E-state index in [2.05, 4.69) is 61.6 Å². The summed E-state index contributed by atoms with van der Waals surface area (Å²) >= 11 is 0. The monoisotopic (exact) mass is 833 g/mol. The first kappa shape index (κ1) is 56.5. The van der Waals surface area contributed by atoms with Gasteiger partial charge in [-0.3, -0.25) is 9.98 Å². The van der Waals surface area contributed by atoms with Crippen LogP contribution in [0.4, 0.5) is 4.39 Å². The number of nitrogens with zero attached hydrogens (tertiary/aromatic N) is 5. The zero-order valence-electron chi connectivity index (χ0n) is 36.4. The molecule has 0 aliphatic carbocycles. The smallest absolute Gasteiger partial charge is 0.476 e. The van der Waals surface area contributed by atoms with Gasteiger partial charge in [0.1, 0.15) is 6.07 Å². The Labute approximate surface area is 361 Å². The van der Waals surface area contributed by atoms with E-state index in [4.69, 9.17) is 10.00 Å². The van der Waals surface area contributed by atoms with Gasteiger partial charge >= 0.3 is 32.7 Å². The number of likely N-dealkylation sites (tertiary alicyclic amines) is 1. The van der Waals surface area contributed by atoms with E-state index in [1.807, 2.05) is 85.1 Å². The number of ether oxygens (including phenoxy) is 1. The first-order valence-corrected chi connectivity index (χ1v) is 19.7. The Morgan fingerprint density at radius 2 is 1.80 bits per heavy atom. The van der Waals surface area contributed by atoms with Gasteiger partial charge in [0.15, 0.2) is 18.2 Å². The van der Waals surface area contributed by atoms with Crippen molar-refractivity contribution < 1.29 is 46.6 Å². The number of aliphatic imine (C=N–C) groups is 2. The molecule has 55 heavy (non-hydrogen) atoms. The molecular weight excluding hydrogens is 762 g/mol. The van der Waals surface area contributed by atoms with Gasteiger partial charge in [-0.1, -0.05) is 66.2 Å². The van der Waals surface area contributed by atoms with Gasteiger partial charge in [0.25, 0.3) is 0 Å². The summed E-state index contributed by atoms with van der Waals surface area (Å²) in [6, 6.07) is 11.8. The quantitative estimate of drug-likeness (QED) is 0.157. The normalized spacial score (nSPS) is 14.4. The van der Waals surface area contributed by atoms with Gasteiger partial charge in [0, 0.05) is 31.4 Å². The second-order valence-electron chi connectivity index (χ2n) is 12.5. The van der Waals surface area contributed by atoms with Crippen molar-refractivity contribution in [2.24, 2.45) is 9.98 Å². The van der Waals surface area contributed by atoms with Crippen LogP contribution in [0.1, 0.15) is 122 Å². The Hall–Kier alpha value is -2.83. The number of nitriles is 1. The van der Waals surface area contributed by atoms with Gasteiger partial charge < -0.3 is 33.2 Å². The Balaban J connectivity index is -0.000000711. The maximum atomic E-state index is 14.3. The Morgan fingerprint density at radius 3 is 2.27 bits per heavy atom. The minimum Gasteiger partial charge on any atom is -0.476 e. The molecule has 7 nitrogen and oxygen atoms in total. The van der Waals surface area contributed by atoms with Gasteiger partial charge in [-0.25, -0.2) is 4.39 Å². The summed E-state index contributed by atoms with van der Waals surface area (Å²) in [5.41, 5.74) is 6.90. The number of hydrogen-bond donors (Lipinski definition) is 0. The van der Waals surface area contributed by atoms with Crippen molar-refractivity contribution in [1.82, 2.24) is 9.80 Å². The molecule has 0 amide bonds. The number of halogens is 1. The number of hydrogen-bond acceptors (Lipinski definition) is 7. The number of likely N-dealkylation sites (N-methyl/N-ethyl adjacent to an activating group) is 1. The van der Waals surface area contributed by atoms with Crippen LogP contribution in [0.2, 0.25) is 0 Å². The van der Waals surface area contributed by atoms with Crippen molar-refractivity contribution in [3.8, 4) is 11.8 Å². The standard InChI is InChI=1S/C18H18FN3O.C10H11O.C9H20N2.C5H10.2C2H6.Y/c1-4-8-21-13(3)16-10-14(11-22-16)15-5-6-17(23-9-7-20)18(19)12(15)2;1-3-9-4-5-10(7-11)8(2)6-9;1-4-6-11-7-5-9(8-11)10(2)3;1-3-5-4-2;2*1-2;/h4-6,8,11H,9-10H2,1-3H3;4-6H,3H2,1-2H3;9H,4-8H2,1-3H3;1-5H2;2*1-2H3;/q;-1;;-2;;;+3/b8-4-,21-13?;;;;;;. The summed E-state index contributed by atoms with van der Waals surface area (Å²) in [6.07, 6.45) is 14.7. The molecule has 1 saturated heterocycles. The zero-order chi connectivity index (χ0) is 41.5. The van der Waals surface area contributed by atoms with Crippen LogP contribution in [0.25, 0.3) is 5.57 Å². The topological polar surface area (TPSA) is 81.3 Å². The second kappa shape index (κ2) is 35.6. The Kier molecular flexibility index (Phi) is 36.6. The Bertz CT molecular complexity index is 1490. The molecule has 0 saturated carbocycles. The van der Waals surface area contributed by atoms with Gasteiger partial charge in [-0.15, -0.1) is 29.7 Å². The van der Waals surface area contributed by atoms with Crippen molar-refractivity contribution in [2.75, 3.05) is 40.3 Å². The van der Waals surface area contributed by atoms with Crippen LogP contribution in [-0.2, 0) is 43.9 Å². The van der Waals surface area contributed by atoms with Gasteiger partial charge in [-0.05, 0) is 90.0 Å². The molecule has 302 valence electrons. The molecular formula is C46H71FN5O2Y. The van der Waals surface area contributed by atoms with E-state index < -0.39 is 5.82 Å². The third-order valence-corrected chi connectivity index (χ3v) is 8.38. The molecule has 2 aliphatic rings. The average Bonchev–Trinajstić information content (AvgIpc) is 3.88. The largest absolute Gasteiger partial charge is 3.00 e. The molecule has 2 aliphatic heterocycles. The van der Waals surface area contributed by atoms with Crippen LogP contribution in [0.3, 0.4) is 0 Å². The van der Waals surface area contributed by atoms with Gasteiger partial charge in [-0.2, -0.15) is 24.2 Å². The summed E-state index contributed by atoms with van der Waals surface area (Å²) in [4.78, 5) is 23.9. The summed E-state index contributed by atoms with van der Waals surface area (Å²) in [5.74, 6) is -0.343. The van der Waals surface area contributed by atoms with Gasteiger partial charge in [0.05, 0.1) is 17.7 Å². The summed E-state index contributed by atoms with van der Waals surface area (Å²) in [5, 5.41) is 8.52. The third-order valence-electron chi connectivity index (χ3n) is 8.38. The number of benzene rings is 2. The SMILES string of the molecule is C/C=C\N=C(C)C1=NC=C(c2ccc(OCC#N)c(F)c2C)C1.CC.CC.CCCN1CCC(N(C)C)C1.CCc1ccc([C-]=O)c(C)c1.[CH2-]CCC[CH2-].[Y+3]. The number of allylic oxidation sites excluding steroid dienone is 2. The molecule has 2 aromatic rings. The molecule has 1 fully saturated rings. The molecule has 0 N–H and O–H groups in total. The average molecular weight is 834 g/mol. The number of rotatable bonds is 12. The van der Waals surface area contributed by atoms with Gasteiger partial charge in [0.2, 0.25) is 0 Å². The molecule has 4 rings (SSSR count). The maximum absolute atomic E-state index is 14.3. The van der Waals surface area contributed by atoms with Crippen molar-refractivity contribution in [3.05, 3.63) is 96.3 Å². The van der Waals surface area contributed by atoms with E-state index in [0.717, 1.165) is 53.4 Å². The summed E-state index contributed by atoms with van der Waals surface area (Å²) < 4.78 is 19.4. The Morgan fingerprint density at radius 1 is 1.15 bits per heavy atom. The van der Waals surface area contributed by atoms with Crippen molar-refractivity contribution >= 4 is 23.3 Å². The van der Waals surface area contributed by atoms with E-state index in [0.29, 0.717) is 17.5 Å². The molecule has 0 bridgehead atoms. The molecule has 1 unspecified atom stereocenters. The number of carbonyl (C=O) groups excluding carboxylic acids is 1. The fraction of sp³-hybridized carbons (Fsp3) is 0.522. The second-order valence-corrected chi connectivity index (χ2v) is 12.5. The molecule has 0 radical (unpaired) electrons. The van der Waals surface area contributed by atoms with Crippen LogP contribution in [0.5, 0.6) is 5.75 Å². The van der Waals surface area contributed by atoms with E-state index >= 15 is 0 Å². The first-order chi connectivity index (χ1) is 26.0. The van der Waals surface area contributed by atoms with Crippen molar-refractivity contribution in [3.63, 3.8) is 0 Å². The van der Waals surface area contributed by atoms with Crippen LogP contribution >= 0.6 is 0 Å². The van der Waals surface area contributed by atoms with E-state index in [-0.39, 0.29) is 45.1 Å². The first-order valence-electron chi connectivity index (χ1n) is 19.7. The summed E-state index contributed by atoms with van der Waals surface area (Å²) in [7, 11) is 4.36. The van der Waals surface area contributed by atoms with E-state index in [1.165, 1.54) is 44.5 Å².